The summed E-state index contributed by atoms with van der Waals surface area (Å²) in [4.78, 5) is 5.45. The van der Waals surface area contributed by atoms with E-state index in [-0.39, 0.29) is 0 Å². The molecule has 3 heteroatoms. The molecule has 228 valence electrons. The van der Waals surface area contributed by atoms with E-state index < -0.39 is 0 Å². The molecule has 9 aromatic rings. The van der Waals surface area contributed by atoms with Crippen LogP contribution in [0.3, 0.4) is 0 Å². The second kappa shape index (κ2) is 11.2. The summed E-state index contributed by atoms with van der Waals surface area (Å²) < 4.78 is 4.93. The van der Waals surface area contributed by atoms with Crippen molar-refractivity contribution in [3.05, 3.63) is 163 Å². The summed E-state index contributed by atoms with van der Waals surface area (Å²) in [5.74, 6) is 0. The summed E-state index contributed by atoms with van der Waals surface area (Å²) in [6, 6.07) is 48.0. The van der Waals surface area contributed by atoms with Gasteiger partial charge in [-0.1, -0.05) is 133 Å². The van der Waals surface area contributed by atoms with Gasteiger partial charge in [-0.2, -0.15) is 0 Å². The number of pyridine rings is 1. The Morgan fingerprint density at radius 2 is 1.23 bits per heavy atom. The maximum atomic E-state index is 5.45. The normalized spacial score (nSPS) is 12.2. The van der Waals surface area contributed by atoms with Crippen LogP contribution < -0.4 is 0 Å². The van der Waals surface area contributed by atoms with Crippen molar-refractivity contribution in [3.63, 3.8) is 0 Å². The van der Waals surface area contributed by atoms with Gasteiger partial charge in [0.2, 0.25) is 0 Å². The average Bonchev–Trinajstić information content (AvgIpc) is 3.68. The minimum atomic E-state index is 0.947. The Hall–Kier alpha value is -5.77. The molecule has 0 N–H and O–H groups in total. The topological polar surface area (TPSA) is 17.8 Å². The summed E-state index contributed by atoms with van der Waals surface area (Å²) >= 11 is 1.89. The van der Waals surface area contributed by atoms with Gasteiger partial charge in [0.1, 0.15) is 0 Å². The van der Waals surface area contributed by atoms with Gasteiger partial charge < -0.3 is 4.57 Å². The van der Waals surface area contributed by atoms with Crippen LogP contribution >= 0.6 is 11.3 Å². The fraction of sp³-hybridized carbons (Fsp3) is 0.0444. The molecule has 0 bridgehead atoms. The first-order chi connectivity index (χ1) is 23.6. The predicted octanol–water partition coefficient (Wildman–Crippen LogP) is 12.8. The zero-order valence-corrected chi connectivity index (χ0v) is 27.7. The molecule has 0 saturated carbocycles. The lowest BCUT2D eigenvalue weighted by molar-refractivity contribution is 1.23. The first-order valence-electron chi connectivity index (χ1n) is 16.3. The van der Waals surface area contributed by atoms with Crippen LogP contribution in [0.2, 0.25) is 0 Å². The smallest absolute Gasteiger partial charge is 0.0788 e. The molecule has 9 rings (SSSR count). The van der Waals surface area contributed by atoms with Gasteiger partial charge in [-0.3, -0.25) is 0 Å². The van der Waals surface area contributed by atoms with Crippen LogP contribution in [-0.4, -0.2) is 9.55 Å². The molecule has 0 fully saturated rings. The van der Waals surface area contributed by atoms with Crippen molar-refractivity contribution in [1.29, 1.82) is 0 Å². The van der Waals surface area contributed by atoms with Crippen molar-refractivity contribution in [2.45, 2.75) is 13.8 Å². The third-order valence-electron chi connectivity index (χ3n) is 9.66. The van der Waals surface area contributed by atoms with Gasteiger partial charge in [0.15, 0.2) is 0 Å². The van der Waals surface area contributed by atoms with Gasteiger partial charge >= 0.3 is 0 Å². The molecule has 0 aliphatic carbocycles. The molecule has 6 aromatic carbocycles. The van der Waals surface area contributed by atoms with Crippen molar-refractivity contribution < 1.29 is 0 Å². The largest absolute Gasteiger partial charge is 0.309 e. The molecule has 0 aliphatic heterocycles. The number of hydrogen-bond donors (Lipinski definition) is 0. The first kappa shape index (κ1) is 28.5. The highest BCUT2D eigenvalue weighted by atomic mass is 32.1. The number of para-hydroxylation sites is 2. The Morgan fingerprint density at radius 3 is 1.94 bits per heavy atom. The molecule has 48 heavy (non-hydrogen) atoms. The van der Waals surface area contributed by atoms with E-state index in [0.29, 0.717) is 0 Å². The van der Waals surface area contributed by atoms with Crippen LogP contribution in [0.4, 0.5) is 0 Å². The lowest BCUT2D eigenvalue weighted by Crippen LogP contribution is -1.99. The second-order valence-corrected chi connectivity index (χ2v) is 13.5. The third-order valence-corrected chi connectivity index (χ3v) is 10.9. The van der Waals surface area contributed by atoms with Crippen molar-refractivity contribution in [2.75, 3.05) is 0 Å². The van der Waals surface area contributed by atoms with E-state index in [2.05, 4.69) is 165 Å². The second-order valence-electron chi connectivity index (χ2n) is 12.5. The van der Waals surface area contributed by atoms with Crippen molar-refractivity contribution in [2.24, 2.45) is 0 Å². The molecule has 3 aromatic heterocycles. The van der Waals surface area contributed by atoms with Gasteiger partial charge in [0.05, 0.1) is 22.4 Å². The third kappa shape index (κ3) is 4.36. The summed E-state index contributed by atoms with van der Waals surface area (Å²) in [5.41, 5.74) is 11.3. The highest BCUT2D eigenvalue weighted by Gasteiger charge is 2.19. The highest BCUT2D eigenvalue weighted by Crippen LogP contribution is 2.45. The zero-order chi connectivity index (χ0) is 32.4. The monoisotopic (exact) mass is 632 g/mol. The van der Waals surface area contributed by atoms with Gasteiger partial charge in [-0.15, -0.1) is 11.3 Å². The minimum Gasteiger partial charge on any atom is -0.309 e. The summed E-state index contributed by atoms with van der Waals surface area (Å²) in [6.07, 6.45) is 4.18. The van der Waals surface area contributed by atoms with E-state index in [0.717, 1.165) is 33.7 Å². The standard InChI is InChI=1S/C45H32N2S/c1-4-32(47-40-19-10-8-15-34(40)35-16-9-11-20-41(35)47)27-39-29(3)42-38(43(46-39)31-23-21-28(2)22-24-31)26-25-37-36-18-12-17-33(44(36)48-45(37)42)30-13-6-5-7-14-30/h4-27H,1H2,2-3H3/b32-27+. The van der Waals surface area contributed by atoms with E-state index in [1.807, 2.05) is 17.4 Å². The van der Waals surface area contributed by atoms with Gasteiger partial charge in [-0.25, -0.2) is 4.98 Å². The van der Waals surface area contributed by atoms with Gasteiger partial charge in [0.25, 0.3) is 0 Å². The highest BCUT2D eigenvalue weighted by molar-refractivity contribution is 7.27. The maximum absolute atomic E-state index is 5.45. The lowest BCUT2D eigenvalue weighted by atomic mass is 9.96. The Morgan fingerprint density at radius 1 is 0.604 bits per heavy atom. The molecule has 0 atom stereocenters. The molecule has 0 amide bonds. The number of allylic oxidation sites excluding steroid dienone is 2. The number of aryl methyl sites for hydroxylation is 2. The number of thiophene rings is 1. The quantitative estimate of drug-likeness (QED) is 0.173. The van der Waals surface area contributed by atoms with E-state index in [1.54, 1.807) is 0 Å². The van der Waals surface area contributed by atoms with E-state index >= 15 is 0 Å². The molecule has 0 aliphatic rings. The Kier molecular flexibility index (Phi) is 6.63. The number of benzene rings is 6. The SMILES string of the molecule is C=C/C(=C\c1nc(-c2ccc(C)cc2)c2ccc3c4cccc(-c5ccccc5)c4sc3c2c1C)n1c2ccccc2c2ccccc21. The number of hydrogen-bond acceptors (Lipinski definition) is 2. The summed E-state index contributed by atoms with van der Waals surface area (Å²) in [5, 5.41) is 7.46. The average molecular weight is 633 g/mol. The fourth-order valence-electron chi connectivity index (χ4n) is 7.30. The first-order valence-corrected chi connectivity index (χ1v) is 17.2. The van der Waals surface area contributed by atoms with Crippen LogP contribution in [0.25, 0.3) is 86.9 Å². The van der Waals surface area contributed by atoms with Crippen molar-refractivity contribution >= 4 is 75.9 Å². The fourth-order valence-corrected chi connectivity index (χ4v) is 8.74. The van der Waals surface area contributed by atoms with E-state index in [4.69, 9.17) is 4.98 Å². The molecule has 0 unspecified atom stereocenters. The Labute approximate surface area is 283 Å². The van der Waals surface area contributed by atoms with Crippen LogP contribution in [0.5, 0.6) is 0 Å². The number of fused-ring (bicyclic) bond motifs is 8. The molecular weight excluding hydrogens is 601 g/mol. The molecule has 0 spiro atoms. The van der Waals surface area contributed by atoms with Gasteiger partial charge in [-0.05, 0) is 54.8 Å². The number of nitrogens with zero attached hydrogens (tertiary/aromatic N) is 2. The molecular formula is C45H32N2S. The maximum Gasteiger partial charge on any atom is 0.0788 e. The minimum absolute atomic E-state index is 0.947. The predicted molar refractivity (Wildman–Crippen MR) is 209 cm³/mol. The Bertz CT molecular complexity index is 2690. The molecule has 0 radical (unpaired) electrons. The lowest BCUT2D eigenvalue weighted by Gasteiger charge is -2.15. The summed E-state index contributed by atoms with van der Waals surface area (Å²) in [6.45, 7) is 8.67. The molecule has 0 saturated heterocycles. The van der Waals surface area contributed by atoms with Gasteiger partial charge in [0, 0.05) is 53.0 Å². The van der Waals surface area contributed by atoms with Crippen LogP contribution in [0.15, 0.2) is 146 Å². The van der Waals surface area contributed by atoms with E-state index in [1.165, 1.54) is 64.0 Å². The van der Waals surface area contributed by atoms with Crippen molar-refractivity contribution in [3.8, 4) is 22.4 Å². The van der Waals surface area contributed by atoms with Crippen molar-refractivity contribution in [1.82, 2.24) is 9.55 Å². The zero-order valence-electron chi connectivity index (χ0n) is 26.9. The van der Waals surface area contributed by atoms with Crippen LogP contribution in [0.1, 0.15) is 16.8 Å². The molecule has 3 heterocycles. The van der Waals surface area contributed by atoms with Crippen LogP contribution in [0, 0.1) is 13.8 Å². The molecule has 2 nitrogen and oxygen atoms in total. The number of aromatic nitrogens is 2. The Balaban J connectivity index is 1.37. The van der Waals surface area contributed by atoms with Crippen LogP contribution in [-0.2, 0) is 0 Å². The number of rotatable bonds is 5. The van der Waals surface area contributed by atoms with E-state index in [9.17, 15) is 0 Å². The summed E-state index contributed by atoms with van der Waals surface area (Å²) in [7, 11) is 0.